The van der Waals surface area contributed by atoms with E-state index in [4.69, 9.17) is 0 Å². The van der Waals surface area contributed by atoms with E-state index in [0.717, 1.165) is 0 Å². The van der Waals surface area contributed by atoms with E-state index in [2.05, 4.69) is 0 Å². The number of halogens is 9. The van der Waals surface area contributed by atoms with Gasteiger partial charge in [-0.15, -0.1) is 0 Å². The third-order valence-electron chi connectivity index (χ3n) is 1.34. The minimum absolute atomic E-state index is 0.903. The SMILES string of the molecule is O=[C]C(F)(F)C(F)(C(F)(F)F)C(F)(F)F. The molecule has 0 atom stereocenters. The molecule has 0 N–H and O–H groups in total. The minimum atomic E-state index is -6.98. The molecule has 0 fully saturated rings. The molecule has 0 aliphatic rings. The molecule has 10 heteroatoms. The van der Waals surface area contributed by atoms with Gasteiger partial charge in [0.25, 0.3) is 6.29 Å². The van der Waals surface area contributed by atoms with Crippen LogP contribution in [0.15, 0.2) is 0 Å². The van der Waals surface area contributed by atoms with Gasteiger partial charge >= 0.3 is 23.9 Å². The Bertz CT molecular complexity index is 234. The number of rotatable bonds is 2. The van der Waals surface area contributed by atoms with E-state index in [1.165, 1.54) is 0 Å². The summed E-state index contributed by atoms with van der Waals surface area (Å²) in [5.41, 5.74) is -6.94. The molecular weight excluding hydrogens is 247 g/mol. The van der Waals surface area contributed by atoms with Crippen molar-refractivity contribution in [3.63, 3.8) is 0 Å². The van der Waals surface area contributed by atoms with Gasteiger partial charge in [0.05, 0.1) is 0 Å². The van der Waals surface area contributed by atoms with Crippen LogP contribution in [0.1, 0.15) is 0 Å². The molecule has 89 valence electrons. The lowest BCUT2D eigenvalue weighted by atomic mass is 9.97. The summed E-state index contributed by atoms with van der Waals surface area (Å²) in [5, 5.41) is 0. The molecule has 0 unspecified atom stereocenters. The smallest absolute Gasteiger partial charge is 0.284 e. The van der Waals surface area contributed by atoms with Gasteiger partial charge in [0.1, 0.15) is 0 Å². The monoisotopic (exact) mass is 247 g/mol. The Morgan fingerprint density at radius 3 is 1.00 bits per heavy atom. The van der Waals surface area contributed by atoms with Crippen LogP contribution in [0.4, 0.5) is 39.5 Å². The van der Waals surface area contributed by atoms with E-state index in [1.54, 1.807) is 0 Å². The molecule has 0 aliphatic heterocycles. The second-order valence-electron chi connectivity index (χ2n) is 2.33. The van der Waals surface area contributed by atoms with Crippen LogP contribution in [-0.2, 0) is 4.79 Å². The molecular formula is C5F9O. The maximum absolute atomic E-state index is 12.3. The summed E-state index contributed by atoms with van der Waals surface area (Å²) < 4.78 is 105. The standard InChI is InChI=1S/C5F9O/c6-2(7,1-15)3(8,4(9,10)11)5(12,13)14. The summed E-state index contributed by atoms with van der Waals surface area (Å²) in [4.78, 5) is 9.25. The van der Waals surface area contributed by atoms with Crippen LogP contribution in [0.3, 0.4) is 0 Å². The van der Waals surface area contributed by atoms with Crippen LogP contribution in [0.2, 0.25) is 0 Å². The average Bonchev–Trinajstić information content (AvgIpc) is 1.98. The van der Waals surface area contributed by atoms with Crippen LogP contribution < -0.4 is 0 Å². The van der Waals surface area contributed by atoms with Crippen molar-refractivity contribution in [1.82, 2.24) is 0 Å². The molecule has 0 saturated heterocycles. The van der Waals surface area contributed by atoms with Crippen LogP contribution in [0.25, 0.3) is 0 Å². The zero-order valence-corrected chi connectivity index (χ0v) is 6.31. The molecule has 0 spiro atoms. The highest BCUT2D eigenvalue weighted by atomic mass is 19.4. The molecule has 0 amide bonds. The predicted molar refractivity (Wildman–Crippen MR) is 26.6 cm³/mol. The lowest BCUT2D eigenvalue weighted by molar-refractivity contribution is -0.382. The third kappa shape index (κ3) is 1.88. The fourth-order valence-electron chi connectivity index (χ4n) is 0.587. The zero-order chi connectivity index (χ0) is 12.7. The zero-order valence-electron chi connectivity index (χ0n) is 6.31. The van der Waals surface area contributed by atoms with Crippen molar-refractivity contribution in [3.8, 4) is 0 Å². The van der Waals surface area contributed by atoms with Crippen molar-refractivity contribution in [2.45, 2.75) is 23.9 Å². The molecule has 0 bridgehead atoms. The minimum Gasteiger partial charge on any atom is -0.284 e. The molecule has 15 heavy (non-hydrogen) atoms. The number of alkyl halides is 9. The summed E-state index contributed by atoms with van der Waals surface area (Å²) in [6.07, 6.45) is -14.9. The van der Waals surface area contributed by atoms with Gasteiger partial charge in [0.2, 0.25) is 0 Å². The first kappa shape index (κ1) is 14.0. The Morgan fingerprint density at radius 2 is 0.933 bits per heavy atom. The maximum Gasteiger partial charge on any atom is 0.438 e. The Morgan fingerprint density at radius 1 is 0.667 bits per heavy atom. The Balaban J connectivity index is 5.75. The topological polar surface area (TPSA) is 17.1 Å². The highest BCUT2D eigenvalue weighted by Gasteiger charge is 2.84. The number of hydrogen-bond acceptors (Lipinski definition) is 1. The molecule has 0 aromatic heterocycles. The van der Waals surface area contributed by atoms with Gasteiger partial charge in [-0.1, -0.05) is 0 Å². The van der Waals surface area contributed by atoms with E-state index in [-0.39, 0.29) is 0 Å². The second-order valence-corrected chi connectivity index (χ2v) is 2.33. The van der Waals surface area contributed by atoms with Crippen molar-refractivity contribution in [3.05, 3.63) is 0 Å². The number of carbonyl (C=O) groups excluding carboxylic acids is 1. The van der Waals surface area contributed by atoms with Gasteiger partial charge < -0.3 is 0 Å². The van der Waals surface area contributed by atoms with Gasteiger partial charge in [-0.2, -0.15) is 35.1 Å². The van der Waals surface area contributed by atoms with Gasteiger partial charge in [-0.25, -0.2) is 4.39 Å². The molecule has 1 nitrogen and oxygen atoms in total. The van der Waals surface area contributed by atoms with Crippen LogP contribution >= 0.6 is 0 Å². The fraction of sp³-hybridized carbons (Fsp3) is 0.800. The molecule has 0 aromatic rings. The van der Waals surface area contributed by atoms with Gasteiger partial charge in [-0.05, 0) is 0 Å². The highest BCUT2D eigenvalue weighted by Crippen LogP contribution is 2.53. The Labute approximate surface area is 75.9 Å². The first-order chi connectivity index (χ1) is 6.31. The first-order valence-corrected chi connectivity index (χ1v) is 2.90. The van der Waals surface area contributed by atoms with Crippen LogP contribution in [-0.4, -0.2) is 30.2 Å². The summed E-state index contributed by atoms with van der Waals surface area (Å²) in [6.45, 7) is 0. The van der Waals surface area contributed by atoms with Crippen molar-refractivity contribution in [2.24, 2.45) is 0 Å². The lowest BCUT2D eigenvalue weighted by Gasteiger charge is -2.32. The van der Waals surface area contributed by atoms with E-state index in [1.807, 2.05) is 0 Å². The molecule has 0 aliphatic carbocycles. The molecule has 0 saturated carbocycles. The van der Waals surface area contributed by atoms with Crippen molar-refractivity contribution < 1.29 is 44.3 Å². The molecule has 0 rings (SSSR count). The average molecular weight is 247 g/mol. The third-order valence-corrected chi connectivity index (χ3v) is 1.34. The summed E-state index contributed by atoms with van der Waals surface area (Å²) in [5.74, 6) is -6.36. The predicted octanol–water partition coefficient (Wildman–Crippen LogP) is 2.56. The second kappa shape index (κ2) is 3.27. The number of hydrogen-bond donors (Lipinski definition) is 0. The highest BCUT2D eigenvalue weighted by molar-refractivity contribution is 5.64. The van der Waals surface area contributed by atoms with Crippen molar-refractivity contribution in [1.29, 1.82) is 0 Å². The van der Waals surface area contributed by atoms with Gasteiger partial charge in [-0.3, -0.25) is 4.79 Å². The largest absolute Gasteiger partial charge is 0.438 e. The molecule has 1 radical (unpaired) electrons. The van der Waals surface area contributed by atoms with E-state index in [0.29, 0.717) is 0 Å². The fourth-order valence-corrected chi connectivity index (χ4v) is 0.587. The molecule has 0 aromatic carbocycles. The summed E-state index contributed by atoms with van der Waals surface area (Å²) in [7, 11) is 0. The van der Waals surface area contributed by atoms with E-state index >= 15 is 0 Å². The van der Waals surface area contributed by atoms with E-state index < -0.39 is 30.2 Å². The Hall–Kier alpha value is -0.960. The quantitative estimate of drug-likeness (QED) is 0.685. The Kier molecular flexibility index (Phi) is 3.06. The lowest BCUT2D eigenvalue weighted by Crippen LogP contribution is -2.65. The summed E-state index contributed by atoms with van der Waals surface area (Å²) in [6, 6.07) is 0. The molecule has 0 heterocycles. The summed E-state index contributed by atoms with van der Waals surface area (Å²) >= 11 is 0. The van der Waals surface area contributed by atoms with E-state index in [9.17, 15) is 44.3 Å². The van der Waals surface area contributed by atoms with Crippen LogP contribution in [0, 0.1) is 0 Å². The normalized spacial score (nSPS) is 15.3. The maximum atomic E-state index is 12.3. The van der Waals surface area contributed by atoms with Crippen molar-refractivity contribution >= 4 is 6.29 Å². The van der Waals surface area contributed by atoms with Gasteiger partial charge in [0.15, 0.2) is 0 Å². The van der Waals surface area contributed by atoms with Crippen molar-refractivity contribution in [2.75, 3.05) is 0 Å². The van der Waals surface area contributed by atoms with Gasteiger partial charge in [0, 0.05) is 0 Å². The van der Waals surface area contributed by atoms with Crippen LogP contribution in [0.5, 0.6) is 0 Å². The first-order valence-electron chi connectivity index (χ1n) is 2.90.